The number of unbranched alkanes of at least 4 members (excludes halogenated alkanes) is 1. The minimum absolute atomic E-state index is 0.0550. The Kier molecular flexibility index (Phi) is 9.08. The molecule has 0 radical (unpaired) electrons. The fourth-order valence-corrected chi connectivity index (χ4v) is 4.92. The van der Waals surface area contributed by atoms with Gasteiger partial charge < -0.3 is 15.4 Å². The molecule has 0 bridgehead atoms. The van der Waals surface area contributed by atoms with Gasteiger partial charge in [0.1, 0.15) is 12.3 Å². The molecule has 0 atom stereocenters. The monoisotopic (exact) mass is 509 g/mol. The maximum atomic E-state index is 13.6. The summed E-state index contributed by atoms with van der Waals surface area (Å²) in [5, 5.41) is 5.54. The van der Waals surface area contributed by atoms with Crippen molar-refractivity contribution in [3.05, 3.63) is 83.9 Å². The lowest BCUT2D eigenvalue weighted by atomic mass is 10.1. The zero-order valence-electron chi connectivity index (χ0n) is 20.7. The molecule has 0 aliphatic heterocycles. The Morgan fingerprint density at radius 2 is 1.69 bits per heavy atom. The van der Waals surface area contributed by atoms with E-state index >= 15 is 0 Å². The summed E-state index contributed by atoms with van der Waals surface area (Å²) in [5.74, 6) is -0.454. The van der Waals surface area contributed by atoms with Crippen LogP contribution in [0.3, 0.4) is 0 Å². The lowest BCUT2D eigenvalue weighted by molar-refractivity contribution is -0.114. The second-order valence-corrected chi connectivity index (χ2v) is 10.1. The standard InChI is InChI=1S/C27H31N3O5S/c1-4-5-17-28-27(32)24-11-6-7-12-25(24)29-26(31)19-30(21-9-8-10-22(18-21)35-3)36(33,34)23-15-13-20(2)14-16-23/h6-16,18H,4-5,17,19H2,1-3H3,(H,28,32)(H,29,31). The normalized spacial score (nSPS) is 11.0. The quantitative estimate of drug-likeness (QED) is 0.374. The number of para-hydroxylation sites is 1. The van der Waals surface area contributed by atoms with E-state index in [9.17, 15) is 18.0 Å². The van der Waals surface area contributed by atoms with E-state index < -0.39 is 22.5 Å². The number of methoxy groups -OCH3 is 1. The fourth-order valence-electron chi connectivity index (χ4n) is 3.50. The van der Waals surface area contributed by atoms with E-state index in [2.05, 4.69) is 10.6 Å². The lowest BCUT2D eigenvalue weighted by Crippen LogP contribution is -2.38. The van der Waals surface area contributed by atoms with E-state index in [0.717, 1.165) is 22.7 Å². The highest BCUT2D eigenvalue weighted by Crippen LogP contribution is 2.27. The molecular weight excluding hydrogens is 478 g/mol. The second kappa shape index (κ2) is 12.2. The largest absolute Gasteiger partial charge is 0.497 e. The molecule has 0 heterocycles. The average Bonchev–Trinajstić information content (AvgIpc) is 2.88. The van der Waals surface area contributed by atoms with Gasteiger partial charge in [-0.2, -0.15) is 0 Å². The van der Waals surface area contributed by atoms with Crippen molar-refractivity contribution < 1.29 is 22.7 Å². The van der Waals surface area contributed by atoms with Crippen molar-refractivity contribution in [1.29, 1.82) is 0 Å². The zero-order valence-corrected chi connectivity index (χ0v) is 21.5. The molecule has 0 saturated heterocycles. The van der Waals surface area contributed by atoms with Crippen molar-refractivity contribution in [1.82, 2.24) is 5.32 Å². The van der Waals surface area contributed by atoms with Gasteiger partial charge in [-0.25, -0.2) is 8.42 Å². The van der Waals surface area contributed by atoms with E-state index in [4.69, 9.17) is 4.74 Å². The molecule has 0 spiro atoms. The van der Waals surface area contributed by atoms with Crippen LogP contribution in [-0.4, -0.2) is 40.4 Å². The maximum absolute atomic E-state index is 13.6. The van der Waals surface area contributed by atoms with Gasteiger partial charge >= 0.3 is 0 Å². The van der Waals surface area contributed by atoms with Crippen LogP contribution in [0.15, 0.2) is 77.7 Å². The first-order valence-corrected chi connectivity index (χ1v) is 13.1. The van der Waals surface area contributed by atoms with E-state index in [1.165, 1.54) is 19.2 Å². The number of rotatable bonds is 11. The Morgan fingerprint density at radius 1 is 0.972 bits per heavy atom. The summed E-state index contributed by atoms with van der Waals surface area (Å²) in [6, 6.07) is 19.5. The van der Waals surface area contributed by atoms with Crippen LogP contribution in [0.4, 0.5) is 11.4 Å². The first-order chi connectivity index (χ1) is 17.3. The van der Waals surface area contributed by atoms with E-state index in [1.54, 1.807) is 60.7 Å². The van der Waals surface area contributed by atoms with Crippen molar-refractivity contribution >= 4 is 33.2 Å². The third-order valence-corrected chi connectivity index (χ3v) is 7.29. The van der Waals surface area contributed by atoms with Crippen molar-refractivity contribution in [3.63, 3.8) is 0 Å². The van der Waals surface area contributed by atoms with E-state index in [1.807, 2.05) is 13.8 Å². The van der Waals surface area contributed by atoms with Crippen molar-refractivity contribution in [3.8, 4) is 5.75 Å². The summed E-state index contributed by atoms with van der Waals surface area (Å²) in [7, 11) is -2.61. The van der Waals surface area contributed by atoms with Gasteiger partial charge in [-0.1, -0.05) is 49.2 Å². The van der Waals surface area contributed by atoms with Crippen LogP contribution >= 0.6 is 0 Å². The molecule has 190 valence electrons. The minimum atomic E-state index is -4.09. The van der Waals surface area contributed by atoms with Gasteiger partial charge in [0.15, 0.2) is 0 Å². The van der Waals surface area contributed by atoms with Crippen molar-refractivity contribution in [2.24, 2.45) is 0 Å². The molecular formula is C27H31N3O5S. The highest BCUT2D eigenvalue weighted by molar-refractivity contribution is 7.92. The molecule has 0 aliphatic carbocycles. The Bertz CT molecular complexity index is 1310. The first kappa shape index (κ1) is 26.7. The number of carbonyl (C=O) groups is 2. The van der Waals surface area contributed by atoms with Crippen LogP contribution in [0.25, 0.3) is 0 Å². The highest BCUT2D eigenvalue weighted by Gasteiger charge is 2.28. The number of amides is 2. The summed E-state index contributed by atoms with van der Waals surface area (Å²) in [4.78, 5) is 25.8. The van der Waals surface area contributed by atoms with Gasteiger partial charge in [-0.05, 0) is 49.7 Å². The molecule has 3 rings (SSSR count). The number of sulfonamides is 1. The number of benzene rings is 3. The smallest absolute Gasteiger partial charge is 0.264 e. The van der Waals surface area contributed by atoms with E-state index in [-0.39, 0.29) is 16.5 Å². The number of nitrogens with zero attached hydrogens (tertiary/aromatic N) is 1. The zero-order chi connectivity index (χ0) is 26.1. The number of aryl methyl sites for hydroxylation is 1. The van der Waals surface area contributed by atoms with Crippen molar-refractivity contribution in [2.45, 2.75) is 31.6 Å². The molecule has 9 heteroatoms. The number of hydrogen-bond acceptors (Lipinski definition) is 5. The molecule has 0 aromatic heterocycles. The molecule has 8 nitrogen and oxygen atoms in total. The molecule has 2 N–H and O–H groups in total. The van der Waals surface area contributed by atoms with Crippen molar-refractivity contribution in [2.75, 3.05) is 29.8 Å². The fraction of sp³-hybridized carbons (Fsp3) is 0.259. The molecule has 0 aliphatic rings. The number of nitrogens with one attached hydrogen (secondary N) is 2. The van der Waals surface area contributed by atoms with Gasteiger partial charge in [0.25, 0.3) is 15.9 Å². The Balaban J connectivity index is 1.91. The number of hydrogen-bond donors (Lipinski definition) is 2. The summed E-state index contributed by atoms with van der Waals surface area (Å²) in [5.41, 5.74) is 1.79. The Hall–Kier alpha value is -3.85. The number of anilines is 2. The van der Waals surface area contributed by atoms with Gasteiger partial charge in [-0.3, -0.25) is 13.9 Å². The molecule has 3 aromatic carbocycles. The Labute approximate surface area is 212 Å². The molecule has 36 heavy (non-hydrogen) atoms. The number of carbonyl (C=O) groups excluding carboxylic acids is 2. The number of ether oxygens (including phenoxy) is 1. The molecule has 3 aromatic rings. The summed E-state index contributed by atoms with van der Waals surface area (Å²) < 4.78 is 33.5. The predicted octanol–water partition coefficient (Wildman–Crippen LogP) is 4.37. The van der Waals surface area contributed by atoms with E-state index in [0.29, 0.717) is 23.5 Å². The molecule has 0 saturated carbocycles. The van der Waals surface area contributed by atoms with Crippen LogP contribution in [0, 0.1) is 6.92 Å². The third-order valence-electron chi connectivity index (χ3n) is 5.50. The Morgan fingerprint density at radius 3 is 2.39 bits per heavy atom. The summed E-state index contributed by atoms with van der Waals surface area (Å²) in [6.45, 7) is 3.91. The van der Waals surface area contributed by atoms with Crippen LogP contribution in [0.5, 0.6) is 5.75 Å². The SMILES string of the molecule is CCCCNC(=O)c1ccccc1NC(=O)CN(c1cccc(OC)c1)S(=O)(=O)c1ccc(C)cc1. The molecule has 2 amide bonds. The van der Waals surface area contributed by atoms with Crippen LogP contribution < -0.4 is 19.7 Å². The highest BCUT2D eigenvalue weighted by atomic mass is 32.2. The average molecular weight is 510 g/mol. The topological polar surface area (TPSA) is 105 Å². The first-order valence-electron chi connectivity index (χ1n) is 11.7. The summed E-state index contributed by atoms with van der Waals surface area (Å²) in [6.07, 6.45) is 1.78. The molecule has 0 fully saturated rings. The third kappa shape index (κ3) is 6.63. The lowest BCUT2D eigenvalue weighted by Gasteiger charge is -2.24. The van der Waals surface area contributed by atoms with Crippen LogP contribution in [0.2, 0.25) is 0 Å². The van der Waals surface area contributed by atoms with Gasteiger partial charge in [-0.15, -0.1) is 0 Å². The van der Waals surface area contributed by atoms with Gasteiger partial charge in [0.2, 0.25) is 5.91 Å². The second-order valence-electron chi connectivity index (χ2n) is 8.23. The summed E-state index contributed by atoms with van der Waals surface area (Å²) >= 11 is 0. The predicted molar refractivity (Wildman–Crippen MR) is 141 cm³/mol. The molecule has 0 unspecified atom stereocenters. The van der Waals surface area contributed by atoms with Crippen LogP contribution in [0.1, 0.15) is 35.7 Å². The minimum Gasteiger partial charge on any atom is -0.497 e. The maximum Gasteiger partial charge on any atom is 0.264 e. The van der Waals surface area contributed by atoms with Crippen LogP contribution in [-0.2, 0) is 14.8 Å². The van der Waals surface area contributed by atoms with Gasteiger partial charge in [0, 0.05) is 12.6 Å². The van der Waals surface area contributed by atoms with Gasteiger partial charge in [0.05, 0.1) is 28.9 Å².